The number of hydrazine groups is 1. The highest BCUT2D eigenvalue weighted by Gasteiger charge is 2.28. The maximum Gasteiger partial charge on any atom is 0.511 e. The maximum absolute atomic E-state index is 14.4. The van der Waals surface area contributed by atoms with Crippen molar-refractivity contribution in [1.29, 1.82) is 0 Å². The number of carbonyl (C=O) groups excluding carboxylic acids is 4. The van der Waals surface area contributed by atoms with Gasteiger partial charge in [0.1, 0.15) is 29.5 Å². The fourth-order valence-electron chi connectivity index (χ4n) is 6.77. The summed E-state index contributed by atoms with van der Waals surface area (Å²) in [5, 5.41) is 16.1. The van der Waals surface area contributed by atoms with Crippen molar-refractivity contribution in [3.05, 3.63) is 101 Å². The lowest BCUT2D eigenvalue weighted by molar-refractivity contribution is -0.179. The summed E-state index contributed by atoms with van der Waals surface area (Å²) >= 11 is 11.5. The van der Waals surface area contributed by atoms with Crippen molar-refractivity contribution in [2.75, 3.05) is 6.54 Å². The smallest absolute Gasteiger partial charge is 0.431 e. The predicted octanol–water partition coefficient (Wildman–Crippen LogP) is 9.88. The third kappa shape index (κ3) is 15.3. The number of nitrogens with one attached hydrogen (secondary N) is 1. The molecule has 62 heavy (non-hydrogen) atoms. The first-order valence-corrected chi connectivity index (χ1v) is 21.1. The van der Waals surface area contributed by atoms with E-state index in [4.69, 9.17) is 46.7 Å². The van der Waals surface area contributed by atoms with Gasteiger partial charge in [0.2, 0.25) is 12.1 Å². The Hall–Kier alpha value is -5.29. The highest BCUT2D eigenvalue weighted by atomic mass is 35.5. The number of aliphatic hydroxyl groups is 1. The largest absolute Gasteiger partial charge is 0.511 e. The molecule has 0 spiro atoms. The number of benzene rings is 3. The van der Waals surface area contributed by atoms with E-state index in [2.05, 4.69) is 15.3 Å². The van der Waals surface area contributed by atoms with Gasteiger partial charge in [0.25, 0.3) is 0 Å². The zero-order valence-corrected chi connectivity index (χ0v) is 35.7. The van der Waals surface area contributed by atoms with Crippen molar-refractivity contribution >= 4 is 47.4 Å². The van der Waals surface area contributed by atoms with E-state index in [-0.39, 0.29) is 41.3 Å². The number of aliphatic hydroxyl groups excluding tert-OH is 1. The van der Waals surface area contributed by atoms with Gasteiger partial charge in [-0.2, -0.15) is 0 Å². The van der Waals surface area contributed by atoms with Gasteiger partial charge in [0.05, 0.1) is 6.54 Å². The van der Waals surface area contributed by atoms with Crippen LogP contribution in [-0.4, -0.2) is 76.2 Å². The highest BCUT2D eigenvalue weighted by Crippen LogP contribution is 2.27. The molecule has 0 saturated heterocycles. The molecule has 0 radical (unpaired) electrons. The van der Waals surface area contributed by atoms with Crippen LogP contribution in [0.15, 0.2) is 77.3 Å². The molecule has 6 rings (SSSR count). The molecular weight excluding hydrogens is 855 g/mol. The van der Waals surface area contributed by atoms with E-state index < -0.39 is 60.3 Å². The van der Waals surface area contributed by atoms with E-state index in [0.29, 0.717) is 16.1 Å². The lowest BCUT2D eigenvalue weighted by atomic mass is 9.98. The van der Waals surface area contributed by atoms with Crippen LogP contribution in [0.2, 0.25) is 5.02 Å². The average molecular weight is 905 g/mol. The normalized spacial score (nSPS) is 15.9. The van der Waals surface area contributed by atoms with Crippen molar-refractivity contribution in [2.24, 2.45) is 0 Å². The molecule has 0 aliphatic heterocycles. The van der Waals surface area contributed by atoms with Gasteiger partial charge in [0.15, 0.2) is 11.7 Å². The van der Waals surface area contributed by atoms with E-state index in [9.17, 15) is 33.1 Å². The molecule has 3 atom stereocenters. The van der Waals surface area contributed by atoms with Gasteiger partial charge in [-0.25, -0.2) is 28.2 Å². The number of aromatic nitrogens is 1. The third-order valence-corrected chi connectivity index (χ3v) is 10.1. The van der Waals surface area contributed by atoms with Gasteiger partial charge in [-0.15, -0.1) is 0 Å². The molecule has 3 aromatic carbocycles. The first kappa shape index (κ1) is 47.8. The van der Waals surface area contributed by atoms with Gasteiger partial charge in [-0.1, -0.05) is 77.6 Å². The van der Waals surface area contributed by atoms with Gasteiger partial charge in [0, 0.05) is 35.7 Å². The van der Waals surface area contributed by atoms with Gasteiger partial charge >= 0.3 is 24.2 Å². The van der Waals surface area contributed by atoms with Crippen LogP contribution in [0.5, 0.6) is 0 Å². The Morgan fingerprint density at radius 3 is 2.02 bits per heavy atom. The summed E-state index contributed by atoms with van der Waals surface area (Å²) in [6, 6.07) is 17.9. The van der Waals surface area contributed by atoms with Gasteiger partial charge in [-0.05, 0) is 99.7 Å². The molecule has 334 valence electrons. The summed E-state index contributed by atoms with van der Waals surface area (Å²) in [5.74, 6) is -3.24. The first-order chi connectivity index (χ1) is 29.7. The minimum absolute atomic E-state index is 0.0386. The molecule has 2 aliphatic carbocycles. The molecule has 2 N–H and O–H groups in total. The number of rotatable bonds is 14. The Labute approximate surface area is 367 Å². The molecule has 2 aliphatic rings. The Kier molecular flexibility index (Phi) is 18.3. The summed E-state index contributed by atoms with van der Waals surface area (Å²) in [6.07, 6.45) is 4.76. The Morgan fingerprint density at radius 1 is 0.806 bits per heavy atom. The number of hydrogen-bond donors (Lipinski definition) is 2. The lowest BCUT2D eigenvalue weighted by Crippen LogP contribution is -2.48. The van der Waals surface area contributed by atoms with Crippen molar-refractivity contribution in [1.82, 2.24) is 15.6 Å². The SMILES string of the molecule is CC(Cl)OC(=O)OC1CCCCC1.CC(OC(=O)OC1CCCCC1)OC(=O)[C@H](O)CN(Cc1ccc(-c2cc(Cl)ccc2F)cc1)NC(=O)c1cc(-c2ccccc2F)no1. The Balaban J connectivity index is 0.000000478. The quantitative estimate of drug-likeness (QED) is 0.0402. The minimum Gasteiger partial charge on any atom is -0.431 e. The van der Waals surface area contributed by atoms with E-state index in [1.54, 1.807) is 37.3 Å². The van der Waals surface area contributed by atoms with Crippen LogP contribution in [0, 0.1) is 11.6 Å². The fourth-order valence-corrected chi connectivity index (χ4v) is 7.01. The monoisotopic (exact) mass is 903 g/mol. The van der Waals surface area contributed by atoms with Crippen molar-refractivity contribution in [2.45, 2.75) is 115 Å². The average Bonchev–Trinajstić information content (AvgIpc) is 3.73. The second-order valence-corrected chi connectivity index (χ2v) is 15.8. The van der Waals surface area contributed by atoms with Crippen LogP contribution in [0.3, 0.4) is 0 Å². The molecule has 14 nitrogen and oxygen atoms in total. The van der Waals surface area contributed by atoms with Crippen LogP contribution in [0.1, 0.15) is 94.2 Å². The molecule has 1 amide bonds. The third-order valence-electron chi connectivity index (χ3n) is 9.81. The van der Waals surface area contributed by atoms with Crippen LogP contribution in [-0.2, 0) is 35.0 Å². The molecule has 2 fully saturated rings. The number of alkyl halides is 1. The number of ether oxygens (including phenoxy) is 5. The summed E-state index contributed by atoms with van der Waals surface area (Å²) < 4.78 is 59.0. The number of esters is 1. The molecule has 2 unspecified atom stereocenters. The van der Waals surface area contributed by atoms with E-state index >= 15 is 0 Å². The molecule has 4 aromatic rings. The first-order valence-electron chi connectivity index (χ1n) is 20.3. The lowest BCUT2D eigenvalue weighted by Gasteiger charge is -2.25. The highest BCUT2D eigenvalue weighted by molar-refractivity contribution is 6.30. The second-order valence-electron chi connectivity index (χ2n) is 14.8. The molecular formula is C44H49Cl2F2N3O11. The number of amides is 1. The summed E-state index contributed by atoms with van der Waals surface area (Å²) in [5.41, 5.74) is 3.57. The van der Waals surface area contributed by atoms with Crippen molar-refractivity contribution in [3.8, 4) is 22.4 Å². The van der Waals surface area contributed by atoms with Crippen LogP contribution in [0.25, 0.3) is 22.4 Å². The molecule has 0 bridgehead atoms. The number of halogens is 4. The summed E-state index contributed by atoms with van der Waals surface area (Å²) in [4.78, 5) is 49.1. The maximum atomic E-state index is 14.4. The zero-order valence-electron chi connectivity index (χ0n) is 34.2. The Morgan fingerprint density at radius 2 is 1.40 bits per heavy atom. The number of hydrogen-bond acceptors (Lipinski definition) is 13. The topological polar surface area (TPSA) is 176 Å². The number of carbonyl (C=O) groups is 4. The van der Waals surface area contributed by atoms with Crippen LogP contribution < -0.4 is 5.43 Å². The Bertz CT molecular complexity index is 2090. The van der Waals surface area contributed by atoms with Gasteiger partial charge < -0.3 is 33.3 Å². The molecule has 1 heterocycles. The van der Waals surface area contributed by atoms with Crippen molar-refractivity contribution in [3.63, 3.8) is 0 Å². The van der Waals surface area contributed by atoms with Crippen molar-refractivity contribution < 1.29 is 61.3 Å². The van der Waals surface area contributed by atoms with E-state index in [1.807, 2.05) is 0 Å². The van der Waals surface area contributed by atoms with E-state index in [1.165, 1.54) is 60.8 Å². The molecule has 1 aromatic heterocycles. The van der Waals surface area contributed by atoms with E-state index in [0.717, 1.165) is 57.8 Å². The van der Waals surface area contributed by atoms with Crippen LogP contribution >= 0.6 is 23.2 Å². The standard InChI is InChI=1S/C35H34ClF2N3O8.C9H15ClO3/c1-21(47-35(45)48-25-7-3-2-4-8-25)46-34(44)31(42)20-41(19-22-11-13-23(14-12-22)27-17-24(36)15-16-29(27)38)39-33(43)32-18-30(40-49-32)26-9-5-6-10-28(26)37;1-7(10)12-9(11)13-8-5-3-2-4-6-8/h5-6,9-18,21,25,31,42H,2-4,7-8,19-20H2,1H3,(H,39,43);7-8H,2-6H2,1H3/t21?,31-;/m1./s1. The minimum atomic E-state index is -1.82. The second kappa shape index (κ2) is 23.8. The fraction of sp³-hybridized carbons (Fsp3) is 0.432. The summed E-state index contributed by atoms with van der Waals surface area (Å²) in [6.45, 7) is 2.35. The number of nitrogens with zero attached hydrogens (tertiary/aromatic N) is 2. The summed E-state index contributed by atoms with van der Waals surface area (Å²) in [7, 11) is 0. The molecule has 18 heteroatoms. The molecule has 2 saturated carbocycles. The zero-order chi connectivity index (χ0) is 44.6. The predicted molar refractivity (Wildman–Crippen MR) is 222 cm³/mol. The van der Waals surface area contributed by atoms with Crippen LogP contribution in [0.4, 0.5) is 18.4 Å². The van der Waals surface area contributed by atoms with Gasteiger partial charge in [-0.3, -0.25) is 10.2 Å².